The number of allylic oxidation sites excluding steroid dienone is 12. The molecule has 0 aliphatic carbocycles. The van der Waals surface area contributed by atoms with Crippen molar-refractivity contribution in [2.24, 2.45) is 0 Å². The van der Waals surface area contributed by atoms with E-state index in [0.29, 0.717) is 17.4 Å². The number of phosphoric ester groups is 1. The number of unbranched alkanes of at least 4 members (excludes halogenated alkanes) is 19. The molecule has 0 aliphatic rings. The van der Waals surface area contributed by atoms with Gasteiger partial charge in [-0.2, -0.15) is 0 Å². The average Bonchev–Trinajstić information content (AvgIpc) is 3.24. The molecule has 0 aromatic carbocycles. The van der Waals surface area contributed by atoms with Gasteiger partial charge in [0.2, 0.25) is 0 Å². The van der Waals surface area contributed by atoms with Crippen molar-refractivity contribution in [3.8, 4) is 0 Å². The number of hydrogen-bond acceptors (Lipinski definition) is 8. The van der Waals surface area contributed by atoms with E-state index in [1.54, 1.807) is 0 Å². The number of esters is 2. The summed E-state index contributed by atoms with van der Waals surface area (Å²) in [4.78, 5) is 37.7. The lowest BCUT2D eigenvalue weighted by molar-refractivity contribution is -0.870. The Morgan fingerprint density at radius 1 is 0.508 bits per heavy atom. The first-order chi connectivity index (χ1) is 30.5. The van der Waals surface area contributed by atoms with Crippen LogP contribution in [0, 0.1) is 0 Å². The Bertz CT molecular complexity index is 1300. The van der Waals surface area contributed by atoms with E-state index in [-0.39, 0.29) is 26.1 Å². The van der Waals surface area contributed by atoms with Crippen LogP contribution in [0.5, 0.6) is 0 Å². The van der Waals surface area contributed by atoms with Gasteiger partial charge in [-0.15, -0.1) is 0 Å². The summed E-state index contributed by atoms with van der Waals surface area (Å²) >= 11 is 0. The van der Waals surface area contributed by atoms with Crippen LogP contribution in [-0.4, -0.2) is 70.0 Å². The normalized spacial score (nSPS) is 14.1. The molecule has 0 saturated heterocycles. The minimum absolute atomic E-state index is 0.0465. The molecule has 63 heavy (non-hydrogen) atoms. The average molecular weight is 904 g/mol. The first-order valence-electron chi connectivity index (χ1n) is 25.1. The smallest absolute Gasteiger partial charge is 0.306 e. The summed E-state index contributed by atoms with van der Waals surface area (Å²) in [5.74, 6) is -0.930. The van der Waals surface area contributed by atoms with Crippen molar-refractivity contribution in [2.45, 2.75) is 206 Å². The Morgan fingerprint density at radius 3 is 1.32 bits per heavy atom. The van der Waals surface area contributed by atoms with Crippen molar-refractivity contribution in [3.63, 3.8) is 0 Å². The summed E-state index contributed by atoms with van der Waals surface area (Å²) in [6.45, 7) is 4.04. The molecule has 9 nitrogen and oxygen atoms in total. The molecule has 0 bridgehead atoms. The third-order valence-electron chi connectivity index (χ3n) is 10.5. The van der Waals surface area contributed by atoms with Gasteiger partial charge in [0.25, 0.3) is 7.82 Å². The number of nitrogens with zero attached hydrogens (tertiary/aromatic N) is 1. The van der Waals surface area contributed by atoms with Crippen molar-refractivity contribution in [1.82, 2.24) is 0 Å². The lowest BCUT2D eigenvalue weighted by Gasteiger charge is -2.28. The molecule has 0 aromatic heterocycles. The van der Waals surface area contributed by atoms with Crippen LogP contribution in [0.1, 0.15) is 200 Å². The summed E-state index contributed by atoms with van der Waals surface area (Å²) in [5.41, 5.74) is 0. The predicted octanol–water partition coefficient (Wildman–Crippen LogP) is 14.3. The molecular weight excluding hydrogens is 810 g/mol. The zero-order valence-corrected chi connectivity index (χ0v) is 41.9. The van der Waals surface area contributed by atoms with E-state index < -0.39 is 32.5 Å². The number of quaternary nitrogens is 1. The molecule has 0 rings (SSSR count). The fourth-order valence-corrected chi connectivity index (χ4v) is 7.35. The Kier molecular flexibility index (Phi) is 42.8. The number of carbonyl (C=O) groups excluding carboxylic acids is 2. The van der Waals surface area contributed by atoms with Crippen molar-refractivity contribution < 1.29 is 42.1 Å². The van der Waals surface area contributed by atoms with E-state index in [1.807, 2.05) is 33.3 Å². The quantitative estimate of drug-likeness (QED) is 0.0195. The molecule has 10 heteroatoms. The molecule has 2 unspecified atom stereocenters. The van der Waals surface area contributed by atoms with E-state index in [2.05, 4.69) is 74.6 Å². The molecule has 0 amide bonds. The molecular formula is C53H94NO8P. The van der Waals surface area contributed by atoms with Crippen LogP contribution >= 0.6 is 7.82 Å². The van der Waals surface area contributed by atoms with E-state index in [9.17, 15) is 19.0 Å². The predicted molar refractivity (Wildman–Crippen MR) is 263 cm³/mol. The molecule has 0 radical (unpaired) electrons. The molecule has 0 fully saturated rings. The van der Waals surface area contributed by atoms with Gasteiger partial charge in [0.05, 0.1) is 27.7 Å². The van der Waals surface area contributed by atoms with Gasteiger partial charge >= 0.3 is 11.9 Å². The SMILES string of the molecule is CC/C=C\C/C=C\C/C=C\C/C=C\C/C=C\C/C=C\CCC(=O)OC(COC(=O)CCCCCCCCCCCCCCCCCCCCCC)COP(=O)([O-])OCC[N+](C)(C)C. The minimum atomic E-state index is -4.65. The molecule has 0 aliphatic heterocycles. The van der Waals surface area contributed by atoms with Gasteiger partial charge in [-0.3, -0.25) is 14.2 Å². The monoisotopic (exact) mass is 904 g/mol. The molecule has 0 heterocycles. The molecule has 364 valence electrons. The summed E-state index contributed by atoms with van der Waals surface area (Å²) in [5, 5.41) is 0. The highest BCUT2D eigenvalue weighted by molar-refractivity contribution is 7.45. The second-order valence-electron chi connectivity index (χ2n) is 17.8. The highest BCUT2D eigenvalue weighted by atomic mass is 31.2. The first-order valence-corrected chi connectivity index (χ1v) is 26.6. The van der Waals surface area contributed by atoms with Crippen LogP contribution in [-0.2, 0) is 32.7 Å². The Labute approximate surface area is 387 Å². The maximum absolute atomic E-state index is 12.7. The maximum Gasteiger partial charge on any atom is 0.306 e. The Balaban J connectivity index is 4.37. The van der Waals surface area contributed by atoms with Crippen LogP contribution in [0.25, 0.3) is 0 Å². The third-order valence-corrected chi connectivity index (χ3v) is 11.5. The van der Waals surface area contributed by atoms with Crippen LogP contribution in [0.15, 0.2) is 72.9 Å². The van der Waals surface area contributed by atoms with Gasteiger partial charge in [0.15, 0.2) is 6.10 Å². The number of likely N-dealkylation sites (N-methyl/N-ethyl adjacent to an activating group) is 1. The summed E-state index contributed by atoms with van der Waals surface area (Å²) < 4.78 is 33.9. The highest BCUT2D eigenvalue weighted by Gasteiger charge is 2.21. The zero-order chi connectivity index (χ0) is 46.4. The molecule has 0 spiro atoms. The fraction of sp³-hybridized carbons (Fsp3) is 0.736. The first kappa shape index (κ1) is 60.5. The topological polar surface area (TPSA) is 111 Å². The van der Waals surface area contributed by atoms with E-state index >= 15 is 0 Å². The number of rotatable bonds is 45. The fourth-order valence-electron chi connectivity index (χ4n) is 6.62. The van der Waals surface area contributed by atoms with Gasteiger partial charge in [0.1, 0.15) is 19.8 Å². The molecule has 0 N–H and O–H groups in total. The second kappa shape index (κ2) is 44.6. The molecule has 0 saturated carbocycles. The lowest BCUT2D eigenvalue weighted by Crippen LogP contribution is -2.37. The van der Waals surface area contributed by atoms with Gasteiger partial charge in [-0.1, -0.05) is 209 Å². The maximum atomic E-state index is 12.7. The van der Waals surface area contributed by atoms with Gasteiger partial charge in [-0.25, -0.2) is 0 Å². The minimum Gasteiger partial charge on any atom is -0.756 e. The van der Waals surface area contributed by atoms with Crippen LogP contribution in [0.3, 0.4) is 0 Å². The third kappa shape index (κ3) is 48.7. The summed E-state index contributed by atoms with van der Waals surface area (Å²) in [6.07, 6.45) is 56.7. The lowest BCUT2D eigenvalue weighted by atomic mass is 10.0. The second-order valence-corrected chi connectivity index (χ2v) is 19.2. The summed E-state index contributed by atoms with van der Waals surface area (Å²) in [7, 11) is 1.12. The van der Waals surface area contributed by atoms with Crippen molar-refractivity contribution in [2.75, 3.05) is 47.5 Å². The van der Waals surface area contributed by atoms with Crippen molar-refractivity contribution >= 4 is 19.8 Å². The molecule has 0 aromatic rings. The van der Waals surface area contributed by atoms with Crippen molar-refractivity contribution in [3.05, 3.63) is 72.9 Å². The van der Waals surface area contributed by atoms with Gasteiger partial charge in [-0.05, 0) is 51.4 Å². The highest BCUT2D eigenvalue weighted by Crippen LogP contribution is 2.38. The standard InChI is InChI=1S/C53H94NO8P/c1-6-8-10-12-14-16-18-20-22-24-26-28-29-31-33-35-37-39-41-43-45-52(55)59-49-51(50-61-63(57,58)60-48-47-54(3,4)5)62-53(56)46-44-42-40-38-36-34-32-30-27-25-23-21-19-17-15-13-11-9-7-2/h9,11,15,17,21,23,27,30,34,36,40,42,51H,6-8,10,12-14,16,18-20,22,24-26,28-29,31-33,35,37-39,41,43-50H2,1-5H3/b11-9-,17-15-,23-21-,30-27-,36-34-,42-40-. The van der Waals surface area contributed by atoms with Gasteiger partial charge < -0.3 is 27.9 Å². The Hall–Kier alpha value is -2.55. The number of ether oxygens (including phenoxy) is 2. The van der Waals surface area contributed by atoms with Crippen LogP contribution in [0.4, 0.5) is 0 Å². The van der Waals surface area contributed by atoms with Crippen molar-refractivity contribution in [1.29, 1.82) is 0 Å². The number of hydrogen-bond donors (Lipinski definition) is 0. The largest absolute Gasteiger partial charge is 0.756 e. The van der Waals surface area contributed by atoms with Crippen LogP contribution in [0.2, 0.25) is 0 Å². The summed E-state index contributed by atoms with van der Waals surface area (Å²) in [6, 6.07) is 0. The van der Waals surface area contributed by atoms with E-state index in [1.165, 1.54) is 109 Å². The molecule has 2 atom stereocenters. The Morgan fingerprint density at radius 2 is 0.905 bits per heavy atom. The number of carbonyl (C=O) groups is 2. The zero-order valence-electron chi connectivity index (χ0n) is 41.0. The van der Waals surface area contributed by atoms with Crippen LogP contribution < -0.4 is 4.89 Å². The van der Waals surface area contributed by atoms with Gasteiger partial charge in [0, 0.05) is 12.8 Å². The van der Waals surface area contributed by atoms with E-state index in [4.69, 9.17) is 18.5 Å². The number of phosphoric acid groups is 1. The van der Waals surface area contributed by atoms with E-state index in [0.717, 1.165) is 57.8 Å².